The molecule has 0 radical (unpaired) electrons. The zero-order valence-corrected chi connectivity index (χ0v) is 10.9. The van der Waals surface area contributed by atoms with Crippen LogP contribution in [-0.2, 0) is 10.0 Å². The summed E-state index contributed by atoms with van der Waals surface area (Å²) >= 11 is 5.83. The molecule has 1 aromatic rings. The number of rotatable bonds is 4. The highest BCUT2D eigenvalue weighted by atomic mass is 35.5. The molecule has 0 bridgehead atoms. The lowest BCUT2D eigenvalue weighted by Gasteiger charge is -2.18. The van der Waals surface area contributed by atoms with Gasteiger partial charge in [0.15, 0.2) is 0 Å². The van der Waals surface area contributed by atoms with Gasteiger partial charge < -0.3 is 0 Å². The number of nitrogens with zero attached hydrogens (tertiary/aromatic N) is 1. The maximum Gasteiger partial charge on any atom is 0.242 e. The first-order valence-corrected chi connectivity index (χ1v) is 7.63. The Bertz CT molecular complexity index is 464. The number of sulfonamides is 1. The van der Waals surface area contributed by atoms with Gasteiger partial charge in [-0.2, -0.15) is 0 Å². The van der Waals surface area contributed by atoms with Crippen LogP contribution < -0.4 is 4.72 Å². The third kappa shape index (κ3) is 2.97. The topological polar surface area (TPSA) is 59.1 Å². The third-order valence-electron chi connectivity index (χ3n) is 3.11. The molecule has 1 N–H and O–H groups in total. The highest BCUT2D eigenvalue weighted by molar-refractivity contribution is 7.89. The Morgan fingerprint density at radius 3 is 2.94 bits per heavy atom. The molecule has 4 nitrogen and oxygen atoms in total. The molecule has 0 aromatic carbocycles. The van der Waals surface area contributed by atoms with Gasteiger partial charge in [-0.25, -0.2) is 13.1 Å². The van der Waals surface area contributed by atoms with Crippen molar-refractivity contribution in [3.63, 3.8) is 0 Å². The summed E-state index contributed by atoms with van der Waals surface area (Å²) in [5.41, 5.74) is 0. The van der Waals surface area contributed by atoms with E-state index in [-0.39, 0.29) is 16.9 Å². The van der Waals surface area contributed by atoms with Crippen molar-refractivity contribution >= 4 is 21.6 Å². The summed E-state index contributed by atoms with van der Waals surface area (Å²) in [4.78, 5) is 4.03. The Morgan fingerprint density at radius 2 is 2.29 bits per heavy atom. The van der Waals surface area contributed by atoms with Crippen molar-refractivity contribution in [1.29, 1.82) is 0 Å². The second kappa shape index (κ2) is 5.33. The fourth-order valence-electron chi connectivity index (χ4n) is 2.15. The van der Waals surface area contributed by atoms with Gasteiger partial charge in [-0.1, -0.05) is 6.42 Å². The predicted molar refractivity (Wildman–Crippen MR) is 66.4 cm³/mol. The Morgan fingerprint density at radius 1 is 1.47 bits per heavy atom. The molecule has 17 heavy (non-hydrogen) atoms. The first-order chi connectivity index (χ1) is 8.13. The summed E-state index contributed by atoms with van der Waals surface area (Å²) in [6.07, 6.45) is 5.78. The number of halogens is 1. The van der Waals surface area contributed by atoms with E-state index in [4.69, 9.17) is 11.6 Å². The zero-order chi connectivity index (χ0) is 12.3. The highest BCUT2D eigenvalue weighted by Gasteiger charge is 2.30. The van der Waals surface area contributed by atoms with Crippen molar-refractivity contribution in [3.05, 3.63) is 24.5 Å². The molecule has 1 aromatic heterocycles. The van der Waals surface area contributed by atoms with Gasteiger partial charge in [-0.3, -0.25) is 4.98 Å². The van der Waals surface area contributed by atoms with E-state index in [9.17, 15) is 8.42 Å². The van der Waals surface area contributed by atoms with E-state index in [1.165, 1.54) is 6.20 Å². The van der Waals surface area contributed by atoms with Gasteiger partial charge in [-0.05, 0) is 30.9 Å². The quantitative estimate of drug-likeness (QED) is 0.852. The molecule has 1 aliphatic rings. The number of hydrogen-bond acceptors (Lipinski definition) is 3. The van der Waals surface area contributed by atoms with Crippen molar-refractivity contribution in [2.24, 2.45) is 5.92 Å². The van der Waals surface area contributed by atoms with E-state index in [1.807, 2.05) is 0 Å². The Balaban J connectivity index is 2.13. The Kier molecular flexibility index (Phi) is 4.01. The summed E-state index contributed by atoms with van der Waals surface area (Å²) in [6, 6.07) is 3.11. The van der Waals surface area contributed by atoms with Crippen LogP contribution in [0.4, 0.5) is 0 Å². The van der Waals surface area contributed by atoms with E-state index >= 15 is 0 Å². The van der Waals surface area contributed by atoms with Crippen LogP contribution in [0, 0.1) is 5.92 Å². The number of alkyl halides is 1. The molecular formula is C11H15ClN2O2S. The Hall–Kier alpha value is -0.650. The molecule has 0 aliphatic heterocycles. The monoisotopic (exact) mass is 274 g/mol. The predicted octanol–water partition coefficient (Wildman–Crippen LogP) is 1.77. The minimum absolute atomic E-state index is 0.0438. The second-order valence-corrected chi connectivity index (χ2v) is 6.28. The molecule has 94 valence electrons. The lowest BCUT2D eigenvalue weighted by Crippen LogP contribution is -2.37. The van der Waals surface area contributed by atoms with Crippen molar-refractivity contribution in [1.82, 2.24) is 9.71 Å². The molecule has 2 atom stereocenters. The summed E-state index contributed by atoms with van der Waals surface area (Å²) in [5.74, 6) is 0.739. The normalized spacial score (nSPS) is 25.0. The highest BCUT2D eigenvalue weighted by Crippen LogP contribution is 2.27. The third-order valence-corrected chi connectivity index (χ3v) is 4.98. The van der Waals surface area contributed by atoms with Crippen LogP contribution in [-0.4, -0.2) is 25.3 Å². The average molecular weight is 275 g/mol. The second-order valence-electron chi connectivity index (χ2n) is 4.26. The van der Waals surface area contributed by atoms with Gasteiger partial charge in [0, 0.05) is 24.3 Å². The van der Waals surface area contributed by atoms with Gasteiger partial charge in [0.2, 0.25) is 10.0 Å². The molecule has 0 amide bonds. The van der Waals surface area contributed by atoms with Crippen molar-refractivity contribution < 1.29 is 8.42 Å². The molecule has 0 saturated heterocycles. The van der Waals surface area contributed by atoms with Crippen LogP contribution in [0.15, 0.2) is 29.4 Å². The van der Waals surface area contributed by atoms with Crippen LogP contribution in [0.1, 0.15) is 19.3 Å². The first-order valence-electron chi connectivity index (χ1n) is 5.62. The minimum atomic E-state index is -3.46. The lowest BCUT2D eigenvalue weighted by molar-refractivity contribution is 0.480. The zero-order valence-electron chi connectivity index (χ0n) is 9.34. The molecule has 6 heteroatoms. The van der Waals surface area contributed by atoms with Crippen molar-refractivity contribution in [2.75, 3.05) is 5.88 Å². The molecule has 2 rings (SSSR count). The summed E-state index contributed by atoms with van der Waals surface area (Å²) in [7, 11) is -3.46. The SMILES string of the molecule is O=S(=O)(NC1CCCC1CCl)c1cccnc1. The van der Waals surface area contributed by atoms with Crippen LogP contribution >= 0.6 is 11.6 Å². The average Bonchev–Trinajstić information content (AvgIpc) is 2.77. The standard InChI is InChI=1S/C11H15ClN2O2S/c12-7-9-3-1-5-11(9)14-17(15,16)10-4-2-6-13-8-10/h2,4,6,8-9,11,14H,1,3,5,7H2. The van der Waals surface area contributed by atoms with E-state index < -0.39 is 10.0 Å². The van der Waals surface area contributed by atoms with E-state index in [0.29, 0.717) is 5.88 Å². The van der Waals surface area contributed by atoms with Crippen LogP contribution in [0.25, 0.3) is 0 Å². The Labute approximate surface area is 106 Å². The van der Waals surface area contributed by atoms with E-state index in [1.54, 1.807) is 18.3 Å². The number of nitrogens with one attached hydrogen (secondary N) is 1. The maximum atomic E-state index is 12.1. The molecule has 1 saturated carbocycles. The van der Waals surface area contributed by atoms with E-state index in [2.05, 4.69) is 9.71 Å². The van der Waals surface area contributed by atoms with Crippen molar-refractivity contribution in [2.45, 2.75) is 30.2 Å². The smallest absolute Gasteiger partial charge is 0.242 e. The van der Waals surface area contributed by atoms with Gasteiger partial charge in [-0.15, -0.1) is 11.6 Å². The maximum absolute atomic E-state index is 12.1. The number of aromatic nitrogens is 1. The summed E-state index contributed by atoms with van der Waals surface area (Å²) in [5, 5.41) is 0. The molecular weight excluding hydrogens is 260 g/mol. The van der Waals surface area contributed by atoms with Crippen molar-refractivity contribution in [3.8, 4) is 0 Å². The first kappa shape index (κ1) is 12.8. The van der Waals surface area contributed by atoms with Crippen LogP contribution in [0.2, 0.25) is 0 Å². The van der Waals surface area contributed by atoms with Crippen LogP contribution in [0.5, 0.6) is 0 Å². The molecule has 1 fully saturated rings. The fraction of sp³-hybridized carbons (Fsp3) is 0.545. The molecule has 1 heterocycles. The molecule has 2 unspecified atom stereocenters. The largest absolute Gasteiger partial charge is 0.263 e. The number of pyridine rings is 1. The summed E-state index contributed by atoms with van der Waals surface area (Å²) in [6.45, 7) is 0. The molecule has 0 spiro atoms. The van der Waals surface area contributed by atoms with E-state index in [0.717, 1.165) is 19.3 Å². The van der Waals surface area contributed by atoms with Crippen LogP contribution in [0.3, 0.4) is 0 Å². The lowest BCUT2D eigenvalue weighted by atomic mass is 10.1. The van der Waals surface area contributed by atoms with Gasteiger partial charge in [0.25, 0.3) is 0 Å². The van der Waals surface area contributed by atoms with Gasteiger partial charge in [0.1, 0.15) is 4.90 Å². The van der Waals surface area contributed by atoms with Gasteiger partial charge in [0.05, 0.1) is 0 Å². The molecule has 1 aliphatic carbocycles. The number of hydrogen-bond donors (Lipinski definition) is 1. The minimum Gasteiger partial charge on any atom is -0.263 e. The van der Waals surface area contributed by atoms with Gasteiger partial charge >= 0.3 is 0 Å². The summed E-state index contributed by atoms with van der Waals surface area (Å²) < 4.78 is 26.8. The fourth-order valence-corrected chi connectivity index (χ4v) is 3.82.